The van der Waals surface area contributed by atoms with Crippen molar-refractivity contribution in [3.63, 3.8) is 0 Å². The van der Waals surface area contributed by atoms with Gasteiger partial charge in [0, 0.05) is 54.9 Å². The number of halogens is 2. The van der Waals surface area contributed by atoms with E-state index in [1.54, 1.807) is 42.5 Å². The van der Waals surface area contributed by atoms with Crippen LogP contribution in [0.4, 0.5) is 0 Å². The molecule has 0 unspecified atom stereocenters. The Bertz CT molecular complexity index is 1540. The topological polar surface area (TPSA) is 136 Å². The molecule has 0 spiro atoms. The zero-order valence-electron chi connectivity index (χ0n) is 23.0. The zero-order valence-corrected chi connectivity index (χ0v) is 25.3. The summed E-state index contributed by atoms with van der Waals surface area (Å²) in [6, 6.07) is 11.7. The van der Waals surface area contributed by atoms with E-state index in [-0.39, 0.29) is 23.0 Å². The zero-order chi connectivity index (χ0) is 30.7. The van der Waals surface area contributed by atoms with Crippen molar-refractivity contribution in [2.24, 2.45) is 0 Å². The Morgan fingerprint density at radius 3 is 2.02 bits per heavy atom. The molecule has 0 amide bonds. The van der Waals surface area contributed by atoms with Crippen LogP contribution in [0.15, 0.2) is 53.1 Å². The monoisotopic (exact) mass is 663 g/mol. The first-order chi connectivity index (χ1) is 19.9. The number of aromatic nitrogens is 1. The van der Waals surface area contributed by atoms with Crippen LogP contribution in [-0.4, -0.2) is 65.3 Å². The number of benzene rings is 2. The Kier molecular flexibility index (Phi) is 9.70. The van der Waals surface area contributed by atoms with E-state index >= 15 is 0 Å². The number of rotatable bonds is 8. The second-order valence-corrected chi connectivity index (χ2v) is 10.8. The van der Waals surface area contributed by atoms with Crippen molar-refractivity contribution in [3.8, 4) is 0 Å². The summed E-state index contributed by atoms with van der Waals surface area (Å²) >= 11 is 9.96. The van der Waals surface area contributed by atoms with Gasteiger partial charge in [-0.15, -0.1) is 0 Å². The number of ketones is 1. The largest absolute Gasteiger partial charge is 0.463 e. The van der Waals surface area contributed by atoms with Crippen LogP contribution in [0.5, 0.6) is 0 Å². The van der Waals surface area contributed by atoms with Crippen LogP contribution in [-0.2, 0) is 42.9 Å². The molecule has 42 heavy (non-hydrogen) atoms. The molecule has 13 heteroatoms. The van der Waals surface area contributed by atoms with Gasteiger partial charge in [0.15, 0.2) is 30.3 Å². The lowest BCUT2D eigenvalue weighted by Crippen LogP contribution is -2.60. The molecule has 0 N–H and O–H groups in total. The molecule has 1 saturated heterocycles. The molecular formula is C29H27BrClNO10. The minimum absolute atomic E-state index is 0.228. The summed E-state index contributed by atoms with van der Waals surface area (Å²) in [5.74, 6) is -3.22. The Morgan fingerprint density at radius 2 is 1.43 bits per heavy atom. The van der Waals surface area contributed by atoms with Crippen molar-refractivity contribution >= 4 is 68.1 Å². The average Bonchev–Trinajstić information content (AvgIpc) is 3.30. The first kappa shape index (κ1) is 31.2. The maximum absolute atomic E-state index is 13.7. The van der Waals surface area contributed by atoms with Crippen molar-refractivity contribution in [2.45, 2.75) is 58.3 Å². The van der Waals surface area contributed by atoms with Gasteiger partial charge < -0.3 is 28.3 Å². The van der Waals surface area contributed by atoms with E-state index in [9.17, 15) is 24.0 Å². The quantitative estimate of drug-likeness (QED) is 0.192. The number of carbonyl (C=O) groups is 5. The molecule has 222 valence electrons. The van der Waals surface area contributed by atoms with Gasteiger partial charge in [-0.05, 0) is 36.4 Å². The van der Waals surface area contributed by atoms with Crippen LogP contribution in [0.25, 0.3) is 10.9 Å². The lowest BCUT2D eigenvalue weighted by Gasteiger charge is -2.44. The minimum Gasteiger partial charge on any atom is -0.463 e. The maximum atomic E-state index is 13.7. The van der Waals surface area contributed by atoms with Gasteiger partial charge in [0.25, 0.3) is 0 Å². The number of hydrogen-bond acceptors (Lipinski definition) is 10. The van der Waals surface area contributed by atoms with Gasteiger partial charge in [0.2, 0.25) is 0 Å². The van der Waals surface area contributed by atoms with Crippen LogP contribution in [0.1, 0.15) is 49.8 Å². The molecule has 0 bridgehead atoms. The predicted octanol–water partition coefficient (Wildman–Crippen LogP) is 4.54. The summed E-state index contributed by atoms with van der Waals surface area (Å²) in [4.78, 5) is 62.0. The minimum atomic E-state index is -1.38. The fraction of sp³-hybridized carbons (Fsp3) is 0.345. The van der Waals surface area contributed by atoms with E-state index in [0.717, 1.165) is 25.2 Å². The van der Waals surface area contributed by atoms with Crippen molar-refractivity contribution < 1.29 is 47.7 Å². The van der Waals surface area contributed by atoms with Crippen molar-refractivity contribution in [2.75, 3.05) is 6.61 Å². The SMILES string of the molecule is CC(=O)OC[C@H]1O[C@@H](n2cc(C(=O)c3ccc(Br)cc3)c3c(Cl)cccc32)[C@H](OC(C)=O)[C@@H](OC(C)=O)[C@@H]1OC(C)=O. The maximum Gasteiger partial charge on any atom is 0.303 e. The number of fused-ring (bicyclic) bond motifs is 1. The molecule has 1 fully saturated rings. The number of hydrogen-bond donors (Lipinski definition) is 0. The molecule has 1 aliphatic heterocycles. The van der Waals surface area contributed by atoms with Crippen molar-refractivity contribution in [1.29, 1.82) is 0 Å². The summed E-state index contributed by atoms with van der Waals surface area (Å²) in [6.45, 7) is 4.23. The summed E-state index contributed by atoms with van der Waals surface area (Å²) in [5, 5.41) is 0.678. The predicted molar refractivity (Wildman–Crippen MR) is 152 cm³/mol. The first-order valence-corrected chi connectivity index (χ1v) is 13.9. The molecule has 0 saturated carbocycles. The fourth-order valence-corrected chi connectivity index (χ4v) is 5.37. The molecule has 0 radical (unpaired) electrons. The molecule has 5 atom stereocenters. The first-order valence-electron chi connectivity index (χ1n) is 12.8. The van der Waals surface area contributed by atoms with E-state index < -0.39 is 54.5 Å². The Hall–Kier alpha value is -3.74. The van der Waals surface area contributed by atoms with Crippen molar-refractivity contribution in [1.82, 2.24) is 4.57 Å². The van der Waals surface area contributed by atoms with Gasteiger partial charge in [-0.2, -0.15) is 0 Å². The van der Waals surface area contributed by atoms with Crippen molar-refractivity contribution in [3.05, 3.63) is 69.3 Å². The lowest BCUT2D eigenvalue weighted by molar-refractivity contribution is -0.267. The van der Waals surface area contributed by atoms with Gasteiger partial charge in [-0.3, -0.25) is 24.0 Å². The fourth-order valence-electron chi connectivity index (χ4n) is 4.84. The van der Waals surface area contributed by atoms with Gasteiger partial charge in [-0.1, -0.05) is 33.6 Å². The highest BCUT2D eigenvalue weighted by molar-refractivity contribution is 9.10. The summed E-state index contributed by atoms with van der Waals surface area (Å²) in [5.41, 5.74) is 1.05. The van der Waals surface area contributed by atoms with Gasteiger partial charge in [-0.25, -0.2) is 0 Å². The Labute approximate surface area is 254 Å². The third-order valence-corrected chi connectivity index (χ3v) is 7.24. The summed E-state index contributed by atoms with van der Waals surface area (Å²) in [7, 11) is 0. The summed E-state index contributed by atoms with van der Waals surface area (Å²) in [6.07, 6.45) is -4.98. The molecule has 3 aromatic rings. The van der Waals surface area contributed by atoms with Gasteiger partial charge in [0.05, 0.1) is 10.5 Å². The number of ether oxygens (including phenoxy) is 5. The third kappa shape index (κ3) is 6.83. The smallest absolute Gasteiger partial charge is 0.303 e. The number of carbonyl (C=O) groups excluding carboxylic acids is 5. The molecule has 2 aromatic carbocycles. The number of esters is 4. The lowest BCUT2D eigenvalue weighted by atomic mass is 9.97. The highest BCUT2D eigenvalue weighted by Gasteiger charge is 2.53. The van der Waals surface area contributed by atoms with E-state index in [2.05, 4.69) is 15.9 Å². The number of nitrogens with zero attached hydrogens (tertiary/aromatic N) is 1. The standard InChI is InChI=1S/C29H27BrClNO10/c1-14(33)38-13-23-26(39-15(2)34)27(40-16(3)35)28(41-17(4)36)29(42-23)32-12-20(24-21(31)6-5-7-22(24)32)25(37)18-8-10-19(30)11-9-18/h5-12,23,26-29H,13H2,1-4H3/t23-,26-,27+,28-,29-/m1/s1. The van der Waals surface area contributed by atoms with E-state index in [0.29, 0.717) is 16.5 Å². The Morgan fingerprint density at radius 1 is 0.833 bits per heavy atom. The molecular weight excluding hydrogens is 638 g/mol. The second-order valence-electron chi connectivity index (χ2n) is 9.51. The molecule has 0 aliphatic carbocycles. The van der Waals surface area contributed by atoms with E-state index in [4.69, 9.17) is 35.3 Å². The van der Waals surface area contributed by atoms with Gasteiger partial charge >= 0.3 is 23.9 Å². The molecule has 1 aromatic heterocycles. The Balaban J connectivity index is 1.91. The summed E-state index contributed by atoms with van der Waals surface area (Å²) < 4.78 is 30.4. The van der Waals surface area contributed by atoms with Crippen LogP contribution >= 0.6 is 27.5 Å². The average molecular weight is 665 g/mol. The van der Waals surface area contributed by atoms with E-state index in [1.807, 2.05) is 0 Å². The molecule has 2 heterocycles. The second kappa shape index (κ2) is 13.1. The normalized spacial score (nSPS) is 21.8. The van der Waals surface area contributed by atoms with Crippen LogP contribution < -0.4 is 0 Å². The highest BCUT2D eigenvalue weighted by Crippen LogP contribution is 2.39. The van der Waals surface area contributed by atoms with Gasteiger partial charge in [0.1, 0.15) is 12.7 Å². The van der Waals surface area contributed by atoms with Crippen LogP contribution in [0, 0.1) is 0 Å². The third-order valence-electron chi connectivity index (χ3n) is 6.40. The highest BCUT2D eigenvalue weighted by atomic mass is 79.9. The van der Waals surface area contributed by atoms with E-state index in [1.165, 1.54) is 17.7 Å². The molecule has 11 nitrogen and oxygen atoms in total. The molecule has 4 rings (SSSR count). The van der Waals surface area contributed by atoms with Crippen LogP contribution in [0.3, 0.4) is 0 Å². The van der Waals surface area contributed by atoms with Crippen LogP contribution in [0.2, 0.25) is 5.02 Å². The molecule has 1 aliphatic rings.